The number of aryl methyl sites for hydroxylation is 2. The number of hydrogen-bond acceptors (Lipinski definition) is 7. The Balaban J connectivity index is 1.96. The van der Waals surface area contributed by atoms with E-state index in [4.69, 9.17) is 10.00 Å². The number of aromatic nitrogens is 2. The van der Waals surface area contributed by atoms with E-state index in [0.29, 0.717) is 20.8 Å². The van der Waals surface area contributed by atoms with Crippen molar-refractivity contribution in [3.8, 4) is 22.7 Å². The second kappa shape index (κ2) is 10.4. The Hall–Kier alpha value is -3.82. The number of amides is 2. The van der Waals surface area contributed by atoms with Gasteiger partial charge < -0.3 is 15.2 Å². The highest BCUT2D eigenvalue weighted by molar-refractivity contribution is 9.10. The molecule has 0 aliphatic carbocycles. The topological polar surface area (TPSA) is 150 Å². The number of nitrogens with one attached hydrogen (secondary N) is 2. The van der Waals surface area contributed by atoms with Gasteiger partial charge in [0.15, 0.2) is 0 Å². The van der Waals surface area contributed by atoms with Crippen LogP contribution in [0.5, 0.6) is 11.6 Å². The van der Waals surface area contributed by atoms with Crippen molar-refractivity contribution < 1.29 is 14.6 Å². The first-order chi connectivity index (χ1) is 16.2. The minimum atomic E-state index is -0.911. The number of rotatable bonds is 5. The van der Waals surface area contributed by atoms with Gasteiger partial charge in [0.2, 0.25) is 5.88 Å². The summed E-state index contributed by atoms with van der Waals surface area (Å²) in [4.78, 5) is 43.5. The van der Waals surface area contributed by atoms with Crippen molar-refractivity contribution in [1.82, 2.24) is 9.55 Å². The van der Waals surface area contributed by atoms with Gasteiger partial charge in [0.1, 0.15) is 16.7 Å². The molecule has 0 atom stereocenters. The van der Waals surface area contributed by atoms with Crippen molar-refractivity contribution in [2.45, 2.75) is 18.7 Å². The number of thiocyanates is 1. The highest BCUT2D eigenvalue weighted by Gasteiger charge is 2.17. The first-order valence-electron chi connectivity index (χ1n) is 9.60. The number of aromatic amines is 1. The number of aliphatic imine (C=N–C) groups is 1. The fourth-order valence-corrected chi connectivity index (χ4v) is 4.02. The van der Waals surface area contributed by atoms with E-state index in [1.807, 2.05) is 19.2 Å². The lowest BCUT2D eigenvalue weighted by molar-refractivity contribution is 0.259. The van der Waals surface area contributed by atoms with Crippen LogP contribution in [0, 0.1) is 24.5 Å². The van der Waals surface area contributed by atoms with E-state index in [0.717, 1.165) is 33.7 Å². The van der Waals surface area contributed by atoms with Gasteiger partial charge in [0, 0.05) is 9.37 Å². The quantitative estimate of drug-likeness (QED) is 0.251. The van der Waals surface area contributed by atoms with E-state index in [-0.39, 0.29) is 11.3 Å². The van der Waals surface area contributed by atoms with Crippen LogP contribution >= 0.6 is 27.7 Å². The predicted octanol–water partition coefficient (Wildman–Crippen LogP) is 3.84. The van der Waals surface area contributed by atoms with Crippen LogP contribution in [0.3, 0.4) is 0 Å². The largest absolute Gasteiger partial charge is 0.495 e. The number of H-pyrrole nitrogens is 1. The lowest BCUT2D eigenvalue weighted by Gasteiger charge is -2.13. The number of nitriles is 1. The number of methoxy groups -OCH3 is 1. The molecule has 0 radical (unpaired) electrons. The Bertz CT molecular complexity index is 1470. The molecule has 0 fully saturated rings. The number of ether oxygens (including phenoxy) is 1. The summed E-state index contributed by atoms with van der Waals surface area (Å²) in [5, 5.41) is 23.9. The molecular weight excluding hydrogens is 526 g/mol. The third kappa shape index (κ3) is 5.22. The zero-order valence-corrected chi connectivity index (χ0v) is 20.6. The highest BCUT2D eigenvalue weighted by Crippen LogP contribution is 2.30. The van der Waals surface area contributed by atoms with E-state index in [1.165, 1.54) is 13.2 Å². The van der Waals surface area contributed by atoms with Crippen LogP contribution in [0.2, 0.25) is 0 Å². The molecular formula is C22H18BrN5O5S. The molecule has 0 aliphatic heterocycles. The first kappa shape index (κ1) is 24.8. The predicted molar refractivity (Wildman–Crippen MR) is 133 cm³/mol. The van der Waals surface area contributed by atoms with Gasteiger partial charge in [-0.15, -0.1) is 0 Å². The Labute approximate surface area is 206 Å². The van der Waals surface area contributed by atoms with Gasteiger partial charge in [-0.25, -0.2) is 19.1 Å². The molecule has 1 heterocycles. The Kier molecular flexibility index (Phi) is 7.60. The van der Waals surface area contributed by atoms with Gasteiger partial charge in [0.05, 0.1) is 24.7 Å². The third-order valence-corrected chi connectivity index (χ3v) is 6.03. The van der Waals surface area contributed by atoms with Crippen molar-refractivity contribution in [2.75, 3.05) is 12.4 Å². The second-order valence-electron chi connectivity index (χ2n) is 6.96. The Morgan fingerprint density at radius 3 is 2.68 bits per heavy atom. The smallest absolute Gasteiger partial charge is 0.345 e. The molecule has 34 heavy (non-hydrogen) atoms. The summed E-state index contributed by atoms with van der Waals surface area (Å²) in [5.41, 5.74) is 0.265. The maximum absolute atomic E-state index is 12.5. The number of nitrogens with zero attached hydrogens (tertiary/aromatic N) is 3. The zero-order chi connectivity index (χ0) is 25.0. The molecule has 0 saturated heterocycles. The van der Waals surface area contributed by atoms with Crippen LogP contribution in [0.25, 0.3) is 5.69 Å². The lowest BCUT2D eigenvalue weighted by Crippen LogP contribution is -2.31. The van der Waals surface area contributed by atoms with Crippen LogP contribution < -0.4 is 21.3 Å². The maximum Gasteiger partial charge on any atom is 0.345 e. The second-order valence-corrected chi connectivity index (χ2v) is 8.68. The number of anilines is 1. The van der Waals surface area contributed by atoms with Crippen LogP contribution in [-0.4, -0.2) is 34.0 Å². The highest BCUT2D eigenvalue weighted by atomic mass is 79.9. The van der Waals surface area contributed by atoms with Gasteiger partial charge in [-0.3, -0.25) is 9.78 Å². The van der Waals surface area contributed by atoms with Gasteiger partial charge in [0.25, 0.3) is 5.56 Å². The molecule has 174 valence electrons. The van der Waals surface area contributed by atoms with E-state index in [1.54, 1.807) is 24.3 Å². The molecule has 3 aromatic rings. The fraction of sp³-hybridized carbons (Fsp3) is 0.136. The molecule has 12 heteroatoms. The molecule has 3 rings (SSSR count). The summed E-state index contributed by atoms with van der Waals surface area (Å²) in [5.74, 6) is -0.373. The zero-order valence-electron chi connectivity index (χ0n) is 18.2. The van der Waals surface area contributed by atoms with E-state index in [2.05, 4.69) is 31.2 Å². The molecule has 2 amide bonds. The standard InChI is InChI=1S/C22H18BrN5O5S/c1-11-6-15(23)17(7-12(11)2)28-20(30)14(19(29)27-22(28)32)9-25-21(31)26-16-5-4-13(34-10-24)8-18(16)33-3/h4-9,30H,1-3H3,(H,26,31)(H,27,29,32). The molecule has 3 N–H and O–H groups in total. The SMILES string of the molecule is COc1cc(SC#N)ccc1NC(=O)N=Cc1c(O)n(-c2cc(C)c(C)cc2Br)c(=O)[nH]c1=O. The van der Waals surface area contributed by atoms with Gasteiger partial charge >= 0.3 is 11.7 Å². The Morgan fingerprint density at radius 1 is 1.29 bits per heavy atom. The number of hydrogen-bond donors (Lipinski definition) is 3. The summed E-state index contributed by atoms with van der Waals surface area (Å²) in [6.07, 6.45) is 0.862. The molecule has 0 saturated carbocycles. The maximum atomic E-state index is 12.5. The fourth-order valence-electron chi connectivity index (χ4n) is 2.98. The average Bonchev–Trinajstić information content (AvgIpc) is 2.78. The number of carbonyl (C=O) groups excluding carboxylic acids is 1. The number of aromatic hydroxyl groups is 1. The number of urea groups is 1. The minimum Gasteiger partial charge on any atom is -0.495 e. The number of benzene rings is 2. The van der Waals surface area contributed by atoms with Crippen LogP contribution in [0.4, 0.5) is 10.5 Å². The van der Waals surface area contributed by atoms with Crippen LogP contribution in [0.15, 0.2) is 54.3 Å². The average molecular weight is 544 g/mol. The van der Waals surface area contributed by atoms with Crippen LogP contribution in [0.1, 0.15) is 16.7 Å². The number of halogens is 1. The number of thioether (sulfide) groups is 1. The van der Waals surface area contributed by atoms with Crippen molar-refractivity contribution >= 4 is 45.6 Å². The third-order valence-electron chi connectivity index (χ3n) is 4.81. The van der Waals surface area contributed by atoms with Gasteiger partial charge in [-0.05, 0) is 83.0 Å². The molecule has 1 aromatic heterocycles. The lowest BCUT2D eigenvalue weighted by atomic mass is 10.1. The van der Waals surface area contributed by atoms with Gasteiger partial charge in [-0.1, -0.05) is 0 Å². The van der Waals surface area contributed by atoms with E-state index < -0.39 is 23.2 Å². The molecule has 0 aliphatic rings. The molecule has 0 unspecified atom stereocenters. The summed E-state index contributed by atoms with van der Waals surface area (Å²) in [6.45, 7) is 3.73. The van der Waals surface area contributed by atoms with E-state index in [9.17, 15) is 19.5 Å². The Morgan fingerprint density at radius 2 is 2.00 bits per heavy atom. The first-order valence-corrected chi connectivity index (χ1v) is 11.2. The summed E-state index contributed by atoms with van der Waals surface area (Å²) in [6, 6.07) is 7.31. The molecule has 2 aromatic carbocycles. The summed E-state index contributed by atoms with van der Waals surface area (Å²) in [7, 11) is 1.40. The molecule has 0 spiro atoms. The van der Waals surface area contributed by atoms with Crippen molar-refractivity contribution in [3.05, 3.63) is 72.3 Å². The van der Waals surface area contributed by atoms with Gasteiger partial charge in [-0.2, -0.15) is 5.26 Å². The van der Waals surface area contributed by atoms with Crippen molar-refractivity contribution in [3.63, 3.8) is 0 Å². The minimum absolute atomic E-state index is 0.286. The molecule has 0 bridgehead atoms. The summed E-state index contributed by atoms with van der Waals surface area (Å²) >= 11 is 4.30. The molecule has 10 nitrogen and oxygen atoms in total. The monoisotopic (exact) mass is 543 g/mol. The van der Waals surface area contributed by atoms with E-state index >= 15 is 0 Å². The normalized spacial score (nSPS) is 10.8. The van der Waals surface area contributed by atoms with Crippen molar-refractivity contribution in [1.29, 1.82) is 5.26 Å². The summed E-state index contributed by atoms with van der Waals surface area (Å²) < 4.78 is 6.64. The van der Waals surface area contributed by atoms with Crippen molar-refractivity contribution in [2.24, 2.45) is 4.99 Å². The van der Waals surface area contributed by atoms with Crippen LogP contribution in [-0.2, 0) is 0 Å². The number of carbonyl (C=O) groups is 1.